The van der Waals surface area contributed by atoms with Crippen LogP contribution in [0.2, 0.25) is 0 Å². The molecule has 0 aliphatic rings. The largest absolute Gasteiger partial charge is 0.494 e. The van der Waals surface area contributed by atoms with Crippen molar-refractivity contribution >= 4 is 0 Å². The van der Waals surface area contributed by atoms with Crippen molar-refractivity contribution < 1.29 is 9.15 Å². The van der Waals surface area contributed by atoms with Crippen LogP contribution in [0.3, 0.4) is 0 Å². The SMILES string of the molecule is CCNC(c1cc(C)ccc1OCC)c1ccoc1CC. The summed E-state index contributed by atoms with van der Waals surface area (Å²) in [6, 6.07) is 8.51. The Kier molecular flexibility index (Phi) is 5.45. The molecule has 0 saturated heterocycles. The molecule has 0 spiro atoms. The van der Waals surface area contributed by atoms with Crippen LogP contribution < -0.4 is 10.1 Å². The van der Waals surface area contributed by atoms with Gasteiger partial charge in [-0.3, -0.25) is 0 Å². The molecule has 2 rings (SSSR count). The van der Waals surface area contributed by atoms with E-state index < -0.39 is 0 Å². The van der Waals surface area contributed by atoms with E-state index in [0.717, 1.165) is 24.5 Å². The Hall–Kier alpha value is -1.74. The lowest BCUT2D eigenvalue weighted by Gasteiger charge is -2.22. The van der Waals surface area contributed by atoms with Crippen LogP contribution >= 0.6 is 0 Å². The number of hydrogen-bond acceptors (Lipinski definition) is 3. The van der Waals surface area contributed by atoms with Crippen LogP contribution in [0.5, 0.6) is 5.75 Å². The van der Waals surface area contributed by atoms with E-state index >= 15 is 0 Å². The highest BCUT2D eigenvalue weighted by Gasteiger charge is 2.21. The van der Waals surface area contributed by atoms with Crippen LogP contribution in [0.25, 0.3) is 0 Å². The second kappa shape index (κ2) is 7.32. The average molecular weight is 287 g/mol. The fraction of sp³-hybridized carbons (Fsp3) is 0.444. The van der Waals surface area contributed by atoms with Crippen molar-refractivity contribution in [2.75, 3.05) is 13.2 Å². The van der Waals surface area contributed by atoms with Crippen molar-refractivity contribution in [1.29, 1.82) is 0 Å². The summed E-state index contributed by atoms with van der Waals surface area (Å²) in [6.07, 6.45) is 2.66. The van der Waals surface area contributed by atoms with Gasteiger partial charge in [-0.05, 0) is 32.5 Å². The van der Waals surface area contributed by atoms with E-state index in [9.17, 15) is 0 Å². The smallest absolute Gasteiger partial charge is 0.124 e. The molecular formula is C18H25NO2. The van der Waals surface area contributed by atoms with E-state index in [1.165, 1.54) is 16.7 Å². The molecule has 114 valence electrons. The molecule has 3 heteroatoms. The van der Waals surface area contributed by atoms with E-state index in [2.05, 4.69) is 50.4 Å². The third kappa shape index (κ3) is 3.48. The fourth-order valence-electron chi connectivity index (χ4n) is 2.67. The van der Waals surface area contributed by atoms with Gasteiger partial charge in [-0.2, -0.15) is 0 Å². The van der Waals surface area contributed by atoms with Gasteiger partial charge in [-0.1, -0.05) is 31.5 Å². The molecule has 0 saturated carbocycles. The van der Waals surface area contributed by atoms with E-state index in [1.54, 1.807) is 6.26 Å². The molecule has 3 nitrogen and oxygen atoms in total. The van der Waals surface area contributed by atoms with Crippen molar-refractivity contribution in [2.45, 2.75) is 40.2 Å². The number of aryl methyl sites for hydroxylation is 2. The number of benzene rings is 1. The van der Waals surface area contributed by atoms with Gasteiger partial charge >= 0.3 is 0 Å². The predicted molar refractivity (Wildman–Crippen MR) is 86.0 cm³/mol. The molecule has 1 heterocycles. The van der Waals surface area contributed by atoms with Crippen LogP contribution in [0.15, 0.2) is 34.9 Å². The minimum absolute atomic E-state index is 0.102. The van der Waals surface area contributed by atoms with Gasteiger partial charge in [0.1, 0.15) is 11.5 Å². The minimum Gasteiger partial charge on any atom is -0.494 e. The van der Waals surface area contributed by atoms with Crippen molar-refractivity contribution in [3.8, 4) is 5.75 Å². The van der Waals surface area contributed by atoms with Gasteiger partial charge in [0, 0.05) is 17.5 Å². The summed E-state index contributed by atoms with van der Waals surface area (Å²) in [4.78, 5) is 0. The molecule has 0 radical (unpaired) electrons. The first-order valence-corrected chi connectivity index (χ1v) is 7.74. The van der Waals surface area contributed by atoms with Gasteiger partial charge in [-0.15, -0.1) is 0 Å². The molecule has 2 aromatic rings. The topological polar surface area (TPSA) is 34.4 Å². The van der Waals surface area contributed by atoms with Crippen LogP contribution in [0.4, 0.5) is 0 Å². The molecule has 1 aromatic carbocycles. The highest BCUT2D eigenvalue weighted by atomic mass is 16.5. The Balaban J connectivity index is 2.49. The lowest BCUT2D eigenvalue weighted by Crippen LogP contribution is -2.23. The summed E-state index contributed by atoms with van der Waals surface area (Å²) in [5.74, 6) is 1.97. The summed E-state index contributed by atoms with van der Waals surface area (Å²) in [5.41, 5.74) is 3.61. The molecule has 1 N–H and O–H groups in total. The Morgan fingerprint density at radius 2 is 1.95 bits per heavy atom. The maximum Gasteiger partial charge on any atom is 0.124 e. The highest BCUT2D eigenvalue weighted by molar-refractivity contribution is 5.44. The van der Waals surface area contributed by atoms with Gasteiger partial charge < -0.3 is 14.5 Å². The first kappa shape index (κ1) is 15.6. The summed E-state index contributed by atoms with van der Waals surface area (Å²) >= 11 is 0. The molecule has 21 heavy (non-hydrogen) atoms. The standard InChI is InChI=1S/C18H25NO2/c1-5-16-14(10-11-21-16)18(19-6-2)15-12-13(4)8-9-17(15)20-7-3/h8-12,18-19H,5-7H2,1-4H3. The van der Waals surface area contributed by atoms with Crippen LogP contribution in [-0.4, -0.2) is 13.2 Å². The zero-order valence-corrected chi connectivity index (χ0v) is 13.4. The van der Waals surface area contributed by atoms with Crippen molar-refractivity contribution in [1.82, 2.24) is 5.32 Å². The number of nitrogens with one attached hydrogen (secondary N) is 1. The monoisotopic (exact) mass is 287 g/mol. The number of ether oxygens (including phenoxy) is 1. The molecule has 0 bridgehead atoms. The summed E-state index contributed by atoms with van der Waals surface area (Å²) < 4.78 is 11.4. The minimum atomic E-state index is 0.102. The van der Waals surface area contributed by atoms with E-state index in [4.69, 9.17) is 9.15 Å². The Bertz CT molecular complexity index is 574. The van der Waals surface area contributed by atoms with Gasteiger partial charge in [0.25, 0.3) is 0 Å². The van der Waals surface area contributed by atoms with Crippen LogP contribution in [-0.2, 0) is 6.42 Å². The quantitative estimate of drug-likeness (QED) is 0.826. The van der Waals surface area contributed by atoms with Crippen LogP contribution in [0.1, 0.15) is 49.3 Å². The fourth-order valence-corrected chi connectivity index (χ4v) is 2.67. The Morgan fingerprint density at radius 3 is 2.62 bits per heavy atom. The van der Waals surface area contributed by atoms with Gasteiger partial charge in [-0.25, -0.2) is 0 Å². The van der Waals surface area contributed by atoms with Crippen LogP contribution in [0, 0.1) is 6.92 Å². The first-order chi connectivity index (χ1) is 10.2. The average Bonchev–Trinajstić information content (AvgIpc) is 2.95. The third-order valence-electron chi connectivity index (χ3n) is 3.60. The molecule has 0 aliphatic carbocycles. The third-order valence-corrected chi connectivity index (χ3v) is 3.60. The Morgan fingerprint density at radius 1 is 1.14 bits per heavy atom. The number of furan rings is 1. The van der Waals surface area contributed by atoms with Crippen molar-refractivity contribution in [3.05, 3.63) is 53.0 Å². The summed E-state index contributed by atoms with van der Waals surface area (Å²) in [6.45, 7) is 9.92. The highest BCUT2D eigenvalue weighted by Crippen LogP contribution is 2.33. The number of rotatable bonds is 7. The lowest BCUT2D eigenvalue weighted by atomic mass is 9.96. The molecular weight excluding hydrogens is 262 g/mol. The molecule has 1 atom stereocenters. The van der Waals surface area contributed by atoms with E-state index in [1.807, 2.05) is 6.92 Å². The maximum absolute atomic E-state index is 5.82. The molecule has 1 aromatic heterocycles. The van der Waals surface area contributed by atoms with Gasteiger partial charge in [0.15, 0.2) is 0 Å². The first-order valence-electron chi connectivity index (χ1n) is 7.74. The zero-order valence-electron chi connectivity index (χ0n) is 13.4. The second-order valence-electron chi connectivity index (χ2n) is 5.12. The Labute approximate surface area is 127 Å². The lowest BCUT2D eigenvalue weighted by molar-refractivity contribution is 0.333. The molecule has 0 amide bonds. The second-order valence-corrected chi connectivity index (χ2v) is 5.12. The van der Waals surface area contributed by atoms with Crippen molar-refractivity contribution in [2.24, 2.45) is 0 Å². The van der Waals surface area contributed by atoms with Gasteiger partial charge in [0.05, 0.1) is 18.9 Å². The van der Waals surface area contributed by atoms with E-state index in [0.29, 0.717) is 6.61 Å². The molecule has 0 aliphatic heterocycles. The summed E-state index contributed by atoms with van der Waals surface area (Å²) in [5, 5.41) is 3.56. The zero-order chi connectivity index (χ0) is 15.2. The summed E-state index contributed by atoms with van der Waals surface area (Å²) in [7, 11) is 0. The molecule has 0 fully saturated rings. The maximum atomic E-state index is 5.82. The van der Waals surface area contributed by atoms with Crippen molar-refractivity contribution in [3.63, 3.8) is 0 Å². The normalized spacial score (nSPS) is 12.4. The van der Waals surface area contributed by atoms with Gasteiger partial charge in [0.2, 0.25) is 0 Å². The van der Waals surface area contributed by atoms with E-state index in [-0.39, 0.29) is 6.04 Å². The molecule has 1 unspecified atom stereocenters. The number of hydrogen-bond donors (Lipinski definition) is 1. The predicted octanol–water partition coefficient (Wildman–Crippen LogP) is 4.25.